The van der Waals surface area contributed by atoms with Crippen LogP contribution in [0.3, 0.4) is 0 Å². The summed E-state index contributed by atoms with van der Waals surface area (Å²) < 4.78 is 7.52. The summed E-state index contributed by atoms with van der Waals surface area (Å²) in [5.74, 6) is -0.888. The van der Waals surface area contributed by atoms with E-state index in [-0.39, 0.29) is 17.6 Å². The number of carbonyl (C=O) groups excluding carboxylic acids is 1. The summed E-state index contributed by atoms with van der Waals surface area (Å²) in [5, 5.41) is 14.9. The Kier molecular flexibility index (Phi) is 4.43. The zero-order valence-corrected chi connectivity index (χ0v) is 19.4. The molecular formula is C27H21N3O4S. The third kappa shape index (κ3) is 2.81. The standard InChI is InChI=1S/C27H21N3O4S/c31-21-9-11-29-24(25(21)32)27(33)28-12-13-34-15-22(28)30(29)23-17-6-2-1-5-16(17)20-10-14-35-26(20)19-8-4-3-7-18(19)23/h1-11,14,22-23,32H,12-13,15H2/t22-,23+/m1/s1. The van der Waals surface area contributed by atoms with Crippen LogP contribution < -0.4 is 10.4 Å². The van der Waals surface area contributed by atoms with Crippen molar-refractivity contribution in [3.05, 3.63) is 99.3 Å². The van der Waals surface area contributed by atoms with E-state index in [4.69, 9.17) is 4.74 Å². The molecular weight excluding hydrogens is 462 g/mol. The summed E-state index contributed by atoms with van der Waals surface area (Å²) >= 11 is 1.71. The molecule has 8 heteroatoms. The molecule has 0 unspecified atom stereocenters. The Bertz CT molecular complexity index is 1500. The van der Waals surface area contributed by atoms with Crippen LogP contribution in [0.2, 0.25) is 0 Å². The maximum atomic E-state index is 13.5. The van der Waals surface area contributed by atoms with E-state index in [2.05, 4.69) is 40.7 Å². The van der Waals surface area contributed by atoms with E-state index >= 15 is 0 Å². The number of hydrogen-bond donors (Lipinski definition) is 1. The molecule has 0 spiro atoms. The van der Waals surface area contributed by atoms with E-state index in [1.54, 1.807) is 27.1 Å². The maximum absolute atomic E-state index is 13.5. The van der Waals surface area contributed by atoms with E-state index in [0.717, 1.165) is 22.3 Å². The van der Waals surface area contributed by atoms with Crippen LogP contribution in [0.15, 0.2) is 77.0 Å². The van der Waals surface area contributed by atoms with Crippen molar-refractivity contribution >= 4 is 17.2 Å². The van der Waals surface area contributed by atoms with Crippen molar-refractivity contribution < 1.29 is 14.6 Å². The second kappa shape index (κ2) is 7.56. The van der Waals surface area contributed by atoms with Gasteiger partial charge in [0.2, 0.25) is 5.43 Å². The van der Waals surface area contributed by atoms with Gasteiger partial charge >= 0.3 is 0 Å². The number of rotatable bonds is 1. The number of benzene rings is 2. The van der Waals surface area contributed by atoms with Crippen LogP contribution in [0, 0.1) is 0 Å². The van der Waals surface area contributed by atoms with Crippen LogP contribution >= 0.6 is 11.3 Å². The van der Waals surface area contributed by atoms with Crippen molar-refractivity contribution in [2.45, 2.75) is 12.2 Å². The number of fused-ring (bicyclic) bond motifs is 7. The fourth-order valence-electron chi connectivity index (χ4n) is 5.64. The van der Waals surface area contributed by atoms with Crippen molar-refractivity contribution in [1.82, 2.24) is 9.58 Å². The van der Waals surface area contributed by atoms with Gasteiger partial charge in [-0.05, 0) is 33.7 Å². The van der Waals surface area contributed by atoms with E-state index < -0.39 is 17.3 Å². The van der Waals surface area contributed by atoms with Crippen LogP contribution in [0.4, 0.5) is 0 Å². The molecule has 7 nitrogen and oxygen atoms in total. The van der Waals surface area contributed by atoms with Gasteiger partial charge < -0.3 is 14.7 Å². The highest BCUT2D eigenvalue weighted by Crippen LogP contribution is 2.49. The number of carbonyl (C=O) groups is 1. The summed E-state index contributed by atoms with van der Waals surface area (Å²) in [6, 6.07) is 19.8. The highest BCUT2D eigenvalue weighted by molar-refractivity contribution is 7.14. The minimum absolute atomic E-state index is 0.00960. The first kappa shape index (κ1) is 20.5. The highest BCUT2D eigenvalue weighted by atomic mass is 32.1. The monoisotopic (exact) mass is 483 g/mol. The fraction of sp³-hybridized carbons (Fsp3) is 0.185. The fourth-order valence-corrected chi connectivity index (χ4v) is 6.59. The number of pyridine rings is 1. The molecule has 1 fully saturated rings. The quantitative estimate of drug-likeness (QED) is 0.446. The average Bonchev–Trinajstić information content (AvgIpc) is 3.34. The van der Waals surface area contributed by atoms with Crippen LogP contribution in [0.1, 0.15) is 27.7 Å². The second-order valence-corrected chi connectivity index (χ2v) is 9.81. The van der Waals surface area contributed by atoms with Crippen molar-refractivity contribution in [2.24, 2.45) is 0 Å². The van der Waals surface area contributed by atoms with Gasteiger partial charge in [-0.3, -0.25) is 19.3 Å². The summed E-state index contributed by atoms with van der Waals surface area (Å²) in [7, 11) is 0. The number of aromatic hydroxyl groups is 1. The summed E-state index contributed by atoms with van der Waals surface area (Å²) in [6.07, 6.45) is 1.18. The van der Waals surface area contributed by atoms with Gasteiger partial charge in [-0.25, -0.2) is 0 Å². The highest BCUT2D eigenvalue weighted by Gasteiger charge is 2.46. The molecule has 35 heavy (non-hydrogen) atoms. The molecule has 1 saturated heterocycles. The van der Waals surface area contributed by atoms with Gasteiger partial charge in [0.15, 0.2) is 11.4 Å². The van der Waals surface area contributed by atoms with Crippen LogP contribution in [0.25, 0.3) is 21.6 Å². The predicted octanol–water partition coefficient (Wildman–Crippen LogP) is 3.80. The molecule has 1 N–H and O–H groups in total. The molecule has 7 rings (SSSR count). The normalized spacial score (nSPS) is 20.3. The smallest absolute Gasteiger partial charge is 0.278 e. The minimum atomic E-state index is -0.569. The zero-order chi connectivity index (χ0) is 23.7. The molecule has 0 saturated carbocycles. The summed E-state index contributed by atoms with van der Waals surface area (Å²) in [4.78, 5) is 28.8. The van der Waals surface area contributed by atoms with E-state index in [0.29, 0.717) is 19.8 Å². The molecule has 0 radical (unpaired) electrons. The first-order valence-electron chi connectivity index (χ1n) is 11.5. The lowest BCUT2D eigenvalue weighted by molar-refractivity contribution is -0.0196. The molecule has 4 heterocycles. The lowest BCUT2D eigenvalue weighted by Gasteiger charge is -2.51. The molecule has 2 aromatic carbocycles. The predicted molar refractivity (Wildman–Crippen MR) is 133 cm³/mol. The number of thiophene rings is 1. The van der Waals surface area contributed by atoms with Gasteiger partial charge in [-0.2, -0.15) is 0 Å². The molecule has 174 valence electrons. The Hall–Kier alpha value is -3.88. The molecule has 1 aliphatic carbocycles. The lowest BCUT2D eigenvalue weighted by atomic mass is 9.92. The zero-order valence-electron chi connectivity index (χ0n) is 18.6. The number of aromatic nitrogens is 1. The topological polar surface area (TPSA) is 75.0 Å². The van der Waals surface area contributed by atoms with Gasteiger partial charge in [0.25, 0.3) is 5.91 Å². The van der Waals surface area contributed by atoms with Crippen molar-refractivity contribution in [2.75, 3.05) is 24.8 Å². The molecule has 4 aromatic rings. The van der Waals surface area contributed by atoms with Gasteiger partial charge in [0.05, 0.1) is 19.3 Å². The van der Waals surface area contributed by atoms with Gasteiger partial charge in [-0.1, -0.05) is 48.5 Å². The van der Waals surface area contributed by atoms with E-state index in [1.807, 2.05) is 24.3 Å². The van der Waals surface area contributed by atoms with E-state index in [9.17, 15) is 14.7 Å². The number of nitrogens with zero attached hydrogens (tertiary/aromatic N) is 3. The largest absolute Gasteiger partial charge is 0.502 e. The number of morpholine rings is 1. The van der Waals surface area contributed by atoms with Crippen molar-refractivity contribution in [1.29, 1.82) is 0 Å². The van der Waals surface area contributed by atoms with Gasteiger partial charge in [0.1, 0.15) is 6.17 Å². The number of hydrogen-bond acceptors (Lipinski definition) is 6. The Labute approximate surface area is 205 Å². The summed E-state index contributed by atoms with van der Waals surface area (Å²) in [5.41, 5.74) is 5.02. The minimum Gasteiger partial charge on any atom is -0.502 e. The first-order valence-corrected chi connectivity index (χ1v) is 12.4. The van der Waals surface area contributed by atoms with Crippen LogP contribution in [-0.2, 0) is 4.74 Å². The Morgan fingerprint density at radius 2 is 1.66 bits per heavy atom. The first-order chi connectivity index (χ1) is 17.1. The maximum Gasteiger partial charge on any atom is 0.278 e. The van der Waals surface area contributed by atoms with Gasteiger partial charge in [-0.15, -0.1) is 11.3 Å². The third-order valence-corrected chi connectivity index (χ3v) is 8.10. The number of amides is 1. The third-order valence-electron chi connectivity index (χ3n) is 7.15. The Morgan fingerprint density at radius 1 is 0.914 bits per heavy atom. The van der Waals surface area contributed by atoms with Crippen LogP contribution in [0.5, 0.6) is 5.75 Å². The molecule has 2 atom stereocenters. The molecule has 1 amide bonds. The Balaban J connectivity index is 1.57. The second-order valence-electron chi connectivity index (χ2n) is 8.90. The molecule has 0 bridgehead atoms. The van der Waals surface area contributed by atoms with E-state index in [1.165, 1.54) is 16.5 Å². The number of ether oxygens (including phenoxy) is 1. The van der Waals surface area contributed by atoms with Crippen molar-refractivity contribution in [3.8, 4) is 27.3 Å². The summed E-state index contributed by atoms with van der Waals surface area (Å²) in [6.45, 7) is 1.11. The SMILES string of the molecule is O=C1c2c(O)c(=O)ccn2N([C@H]2c3ccccc3-c3ccsc3-c3ccccc32)[C@@H]2COCCN12. The van der Waals surface area contributed by atoms with Crippen molar-refractivity contribution in [3.63, 3.8) is 0 Å². The molecule has 2 aliphatic heterocycles. The molecule has 2 aromatic heterocycles. The Morgan fingerprint density at radius 3 is 2.49 bits per heavy atom. The molecule has 3 aliphatic rings. The average molecular weight is 484 g/mol. The van der Waals surface area contributed by atoms with Gasteiger partial charge in [0, 0.05) is 29.2 Å². The van der Waals surface area contributed by atoms with Crippen LogP contribution in [-0.4, -0.2) is 46.5 Å². The lowest BCUT2D eigenvalue weighted by Crippen LogP contribution is -2.66.